The van der Waals surface area contributed by atoms with Crippen molar-refractivity contribution in [3.63, 3.8) is 0 Å². The number of hydrogen-bond donors (Lipinski definition) is 2. The smallest absolute Gasteiger partial charge is 0.242 e. The summed E-state index contributed by atoms with van der Waals surface area (Å²) in [6.45, 7) is 6.11. The fourth-order valence-corrected chi connectivity index (χ4v) is 2.78. The van der Waals surface area contributed by atoms with E-state index in [1.54, 1.807) is 0 Å². The standard InChI is InChI=1S/C17H26N2O/c1-12-8-7-11-16(13(12)2)18-14(3)17(20)19-15-9-5-4-6-10-15/h7-8,11,14-15,18H,4-6,9-10H2,1-3H3,(H,19,20). The highest BCUT2D eigenvalue weighted by Gasteiger charge is 2.19. The second-order valence-electron chi connectivity index (χ2n) is 5.96. The van der Waals surface area contributed by atoms with Crippen LogP contribution in [0, 0.1) is 13.8 Å². The van der Waals surface area contributed by atoms with Crippen molar-refractivity contribution in [3.05, 3.63) is 29.3 Å². The molecule has 0 aromatic heterocycles. The lowest BCUT2D eigenvalue weighted by molar-refractivity contribution is -0.122. The maximum absolute atomic E-state index is 12.2. The van der Waals surface area contributed by atoms with Gasteiger partial charge in [0, 0.05) is 11.7 Å². The van der Waals surface area contributed by atoms with Gasteiger partial charge in [0.1, 0.15) is 6.04 Å². The van der Waals surface area contributed by atoms with E-state index >= 15 is 0 Å². The summed E-state index contributed by atoms with van der Waals surface area (Å²) in [4.78, 5) is 12.2. The third-order valence-electron chi connectivity index (χ3n) is 4.32. The zero-order valence-corrected chi connectivity index (χ0v) is 12.8. The first-order valence-electron chi connectivity index (χ1n) is 7.71. The first kappa shape index (κ1) is 14.9. The Bertz CT molecular complexity index is 464. The summed E-state index contributed by atoms with van der Waals surface area (Å²) < 4.78 is 0. The van der Waals surface area contributed by atoms with E-state index in [4.69, 9.17) is 0 Å². The van der Waals surface area contributed by atoms with Crippen LogP contribution in [-0.4, -0.2) is 18.0 Å². The highest BCUT2D eigenvalue weighted by atomic mass is 16.2. The van der Waals surface area contributed by atoms with Crippen LogP contribution < -0.4 is 10.6 Å². The van der Waals surface area contributed by atoms with Crippen molar-refractivity contribution >= 4 is 11.6 Å². The van der Waals surface area contributed by atoms with E-state index in [2.05, 4.69) is 30.5 Å². The van der Waals surface area contributed by atoms with Crippen LogP contribution in [0.25, 0.3) is 0 Å². The summed E-state index contributed by atoms with van der Waals surface area (Å²) in [7, 11) is 0. The van der Waals surface area contributed by atoms with Crippen molar-refractivity contribution in [1.82, 2.24) is 5.32 Å². The highest BCUT2D eigenvalue weighted by Crippen LogP contribution is 2.20. The molecule has 110 valence electrons. The monoisotopic (exact) mass is 274 g/mol. The summed E-state index contributed by atoms with van der Waals surface area (Å²) >= 11 is 0. The summed E-state index contributed by atoms with van der Waals surface area (Å²) in [5.41, 5.74) is 3.51. The molecule has 1 amide bonds. The van der Waals surface area contributed by atoms with Crippen molar-refractivity contribution in [2.24, 2.45) is 0 Å². The van der Waals surface area contributed by atoms with Crippen LogP contribution in [0.5, 0.6) is 0 Å². The number of hydrogen-bond acceptors (Lipinski definition) is 2. The number of carbonyl (C=O) groups excluding carboxylic acids is 1. The molecule has 0 radical (unpaired) electrons. The zero-order valence-electron chi connectivity index (χ0n) is 12.8. The van der Waals surface area contributed by atoms with Gasteiger partial charge in [-0.3, -0.25) is 4.79 Å². The first-order valence-corrected chi connectivity index (χ1v) is 7.71. The quantitative estimate of drug-likeness (QED) is 0.881. The van der Waals surface area contributed by atoms with Gasteiger partial charge in [0.05, 0.1) is 0 Å². The Morgan fingerprint density at radius 2 is 1.90 bits per heavy atom. The number of anilines is 1. The van der Waals surface area contributed by atoms with Crippen molar-refractivity contribution in [2.45, 2.75) is 65.0 Å². The molecule has 1 aromatic carbocycles. The van der Waals surface area contributed by atoms with E-state index in [1.807, 2.05) is 19.1 Å². The number of amides is 1. The second kappa shape index (κ2) is 6.78. The Labute approximate surface area is 122 Å². The lowest BCUT2D eigenvalue weighted by Crippen LogP contribution is -2.44. The highest BCUT2D eigenvalue weighted by molar-refractivity contribution is 5.84. The second-order valence-corrected chi connectivity index (χ2v) is 5.96. The molecule has 0 bridgehead atoms. The molecule has 1 aliphatic rings. The van der Waals surface area contributed by atoms with E-state index in [0.717, 1.165) is 18.5 Å². The van der Waals surface area contributed by atoms with Crippen LogP contribution in [-0.2, 0) is 4.79 Å². The number of nitrogens with one attached hydrogen (secondary N) is 2. The first-order chi connectivity index (χ1) is 9.58. The normalized spacial score (nSPS) is 17.6. The van der Waals surface area contributed by atoms with Gasteiger partial charge in [-0.05, 0) is 50.8 Å². The Morgan fingerprint density at radius 3 is 2.60 bits per heavy atom. The number of carbonyl (C=O) groups is 1. The molecule has 1 aromatic rings. The average Bonchev–Trinajstić information content (AvgIpc) is 2.45. The summed E-state index contributed by atoms with van der Waals surface area (Å²) in [5.74, 6) is 0.109. The van der Waals surface area contributed by atoms with Gasteiger partial charge in [-0.15, -0.1) is 0 Å². The van der Waals surface area contributed by atoms with Gasteiger partial charge in [-0.25, -0.2) is 0 Å². The van der Waals surface area contributed by atoms with Crippen LogP contribution in [0.15, 0.2) is 18.2 Å². The molecule has 20 heavy (non-hydrogen) atoms. The van der Waals surface area contributed by atoms with E-state index in [9.17, 15) is 4.79 Å². The Kier molecular flexibility index (Phi) is 5.05. The summed E-state index contributed by atoms with van der Waals surface area (Å²) in [6, 6.07) is 6.33. The van der Waals surface area contributed by atoms with Crippen molar-refractivity contribution < 1.29 is 4.79 Å². The lowest BCUT2D eigenvalue weighted by atomic mass is 9.95. The SMILES string of the molecule is Cc1cccc(NC(C)C(=O)NC2CCCCC2)c1C. The molecule has 1 atom stereocenters. The molecular formula is C17H26N2O. The number of aryl methyl sites for hydroxylation is 1. The Balaban J connectivity index is 1.91. The molecule has 1 fully saturated rings. The van der Waals surface area contributed by atoms with Gasteiger partial charge in [-0.1, -0.05) is 31.4 Å². The van der Waals surface area contributed by atoms with Gasteiger partial charge >= 0.3 is 0 Å². The minimum absolute atomic E-state index is 0.109. The molecule has 3 nitrogen and oxygen atoms in total. The van der Waals surface area contributed by atoms with Gasteiger partial charge in [0.2, 0.25) is 5.91 Å². The van der Waals surface area contributed by atoms with E-state index in [0.29, 0.717) is 6.04 Å². The van der Waals surface area contributed by atoms with Crippen LogP contribution in [0.3, 0.4) is 0 Å². The van der Waals surface area contributed by atoms with E-state index in [-0.39, 0.29) is 11.9 Å². The molecule has 3 heteroatoms. The van der Waals surface area contributed by atoms with Gasteiger partial charge < -0.3 is 10.6 Å². The zero-order chi connectivity index (χ0) is 14.5. The van der Waals surface area contributed by atoms with Crippen molar-refractivity contribution in [2.75, 3.05) is 5.32 Å². The minimum atomic E-state index is -0.197. The maximum Gasteiger partial charge on any atom is 0.242 e. The predicted octanol–water partition coefficient (Wildman–Crippen LogP) is 3.55. The molecule has 0 heterocycles. The molecule has 2 N–H and O–H groups in total. The molecule has 1 aliphatic carbocycles. The summed E-state index contributed by atoms with van der Waals surface area (Å²) in [6.07, 6.45) is 6.04. The largest absolute Gasteiger partial charge is 0.374 e. The van der Waals surface area contributed by atoms with Crippen LogP contribution >= 0.6 is 0 Å². The third-order valence-corrected chi connectivity index (χ3v) is 4.32. The van der Waals surface area contributed by atoms with Crippen molar-refractivity contribution in [1.29, 1.82) is 0 Å². The fraction of sp³-hybridized carbons (Fsp3) is 0.588. The topological polar surface area (TPSA) is 41.1 Å². The summed E-state index contributed by atoms with van der Waals surface area (Å²) in [5, 5.41) is 6.50. The van der Waals surface area contributed by atoms with Gasteiger partial charge in [0.25, 0.3) is 0 Å². The lowest BCUT2D eigenvalue weighted by Gasteiger charge is -2.25. The van der Waals surface area contributed by atoms with Gasteiger partial charge in [-0.2, -0.15) is 0 Å². The Hall–Kier alpha value is -1.51. The van der Waals surface area contributed by atoms with Crippen LogP contribution in [0.4, 0.5) is 5.69 Å². The molecule has 1 saturated carbocycles. The fourth-order valence-electron chi connectivity index (χ4n) is 2.78. The third kappa shape index (κ3) is 3.75. The molecule has 2 rings (SSSR count). The molecular weight excluding hydrogens is 248 g/mol. The van der Waals surface area contributed by atoms with E-state index < -0.39 is 0 Å². The Morgan fingerprint density at radius 1 is 1.20 bits per heavy atom. The molecule has 1 unspecified atom stereocenters. The van der Waals surface area contributed by atoms with Crippen LogP contribution in [0.2, 0.25) is 0 Å². The molecule has 0 saturated heterocycles. The maximum atomic E-state index is 12.2. The van der Waals surface area contributed by atoms with Crippen molar-refractivity contribution in [3.8, 4) is 0 Å². The number of rotatable bonds is 4. The minimum Gasteiger partial charge on any atom is -0.374 e. The van der Waals surface area contributed by atoms with Crippen LogP contribution in [0.1, 0.15) is 50.2 Å². The van der Waals surface area contributed by atoms with Gasteiger partial charge in [0.15, 0.2) is 0 Å². The molecule has 0 aliphatic heterocycles. The predicted molar refractivity (Wildman–Crippen MR) is 84.0 cm³/mol. The average molecular weight is 274 g/mol. The molecule has 0 spiro atoms. The number of benzene rings is 1. The van der Waals surface area contributed by atoms with E-state index in [1.165, 1.54) is 30.4 Å².